The Morgan fingerprint density at radius 1 is 0.636 bits per heavy atom. The molecule has 0 aromatic rings. The highest BCUT2D eigenvalue weighted by molar-refractivity contribution is 7.86. The number of hydrogen-bond acceptors (Lipinski definition) is 3. The maximum Gasteiger partial charge on any atom is 0.402 e. The summed E-state index contributed by atoms with van der Waals surface area (Å²) in [5.74, 6) is -11.9. The van der Waals surface area contributed by atoms with Crippen LogP contribution in [0.4, 0.5) is 39.5 Å². The lowest BCUT2D eigenvalue weighted by molar-refractivity contribution is -0.921. The van der Waals surface area contributed by atoms with Gasteiger partial charge in [0.25, 0.3) is 0 Å². The number of nitrogens with zero attached hydrogens (tertiary/aromatic N) is 1. The lowest BCUT2D eigenvalue weighted by Gasteiger charge is -2.34. The first-order valence-electron chi connectivity index (χ1n) is 10.7. The van der Waals surface area contributed by atoms with Crippen LogP contribution in [0.25, 0.3) is 0 Å². The molecule has 0 saturated carbocycles. The Labute approximate surface area is 189 Å². The van der Waals surface area contributed by atoms with Crippen LogP contribution in [0.2, 0.25) is 0 Å². The summed E-state index contributed by atoms with van der Waals surface area (Å²) in [4.78, 5) is 0. The summed E-state index contributed by atoms with van der Waals surface area (Å²) in [5.41, 5.74) is 0. The van der Waals surface area contributed by atoms with Gasteiger partial charge in [-0.25, -0.2) is 8.42 Å². The van der Waals surface area contributed by atoms with Crippen molar-refractivity contribution in [2.45, 2.75) is 95.9 Å². The third kappa shape index (κ3) is 10.6. The molecule has 0 fully saturated rings. The normalized spacial score (nSPS) is 14.1. The van der Waals surface area contributed by atoms with Gasteiger partial charge in [-0.05, 0) is 40.5 Å². The molecule has 0 heterocycles. The maximum atomic E-state index is 13.2. The third-order valence-electron chi connectivity index (χ3n) is 5.77. The molecule has 0 aliphatic rings. The average molecular weight is 528 g/mol. The molecule has 202 valence electrons. The fourth-order valence-corrected chi connectivity index (χ4v) is 3.53. The van der Waals surface area contributed by atoms with Crippen LogP contribution < -0.4 is 0 Å². The molecular weight excluding hydrogens is 493 g/mol. The molecule has 0 rings (SSSR count). The second-order valence-corrected chi connectivity index (χ2v) is 9.16. The molecule has 0 N–H and O–H groups in total. The Hall–Kier alpha value is -0.760. The molecule has 0 aliphatic heterocycles. The zero-order valence-corrected chi connectivity index (χ0v) is 20.1. The lowest BCUT2D eigenvalue weighted by Crippen LogP contribution is -2.57. The van der Waals surface area contributed by atoms with Crippen LogP contribution in [0.15, 0.2) is 0 Å². The molecule has 0 saturated heterocycles. The molecule has 0 aliphatic carbocycles. The minimum Gasteiger partial charge on any atom is -0.743 e. The molecule has 0 aromatic heterocycles. The second kappa shape index (κ2) is 13.4. The Kier molecular flexibility index (Phi) is 13.9. The number of halogens is 9. The van der Waals surface area contributed by atoms with Crippen LogP contribution in [0.5, 0.6) is 0 Å². The molecule has 0 unspecified atom stereocenters. The molecule has 0 atom stereocenters. The van der Waals surface area contributed by atoms with Gasteiger partial charge in [0, 0.05) is 12.8 Å². The quantitative estimate of drug-likeness (QED) is 0.111. The van der Waals surface area contributed by atoms with Gasteiger partial charge in [0.2, 0.25) is 0 Å². The zero-order valence-electron chi connectivity index (χ0n) is 19.3. The van der Waals surface area contributed by atoms with Crippen LogP contribution in [0.3, 0.4) is 0 Å². The van der Waals surface area contributed by atoms with Gasteiger partial charge in [-0.1, -0.05) is 19.3 Å². The Morgan fingerprint density at radius 2 is 0.970 bits per heavy atom. The van der Waals surface area contributed by atoms with E-state index in [1.165, 1.54) is 30.7 Å². The van der Waals surface area contributed by atoms with E-state index in [0.717, 1.165) is 0 Å². The van der Waals surface area contributed by atoms with Crippen LogP contribution in [0, 0.1) is 0 Å². The summed E-state index contributed by atoms with van der Waals surface area (Å²) in [7, 11) is -7.02. The highest BCUT2D eigenvalue weighted by Gasteiger charge is 2.74. The summed E-state index contributed by atoms with van der Waals surface area (Å²) < 4.78 is 145. The second-order valence-electron chi connectivity index (χ2n) is 7.74. The van der Waals surface area contributed by atoms with Gasteiger partial charge in [-0.15, -0.1) is 0 Å². The van der Waals surface area contributed by atoms with Crippen molar-refractivity contribution in [3.63, 3.8) is 0 Å². The first-order chi connectivity index (χ1) is 14.7. The Balaban J connectivity index is 0. The highest BCUT2D eigenvalue weighted by atomic mass is 32.2. The molecule has 0 bridgehead atoms. The van der Waals surface area contributed by atoms with Gasteiger partial charge in [-0.3, -0.25) is 0 Å². The average Bonchev–Trinajstić information content (AvgIpc) is 2.68. The van der Waals surface area contributed by atoms with Crippen molar-refractivity contribution < 1.29 is 57.0 Å². The van der Waals surface area contributed by atoms with Crippen LogP contribution in [-0.2, 0) is 10.1 Å². The van der Waals surface area contributed by atoms with Crippen molar-refractivity contribution in [2.75, 3.05) is 26.2 Å². The van der Waals surface area contributed by atoms with Gasteiger partial charge in [0.15, 0.2) is 10.1 Å². The smallest absolute Gasteiger partial charge is 0.402 e. The molecule has 33 heavy (non-hydrogen) atoms. The first kappa shape index (κ1) is 34.4. The minimum atomic E-state index is -7.02. The van der Waals surface area contributed by atoms with Crippen LogP contribution >= 0.6 is 0 Å². The summed E-state index contributed by atoms with van der Waals surface area (Å²) in [6, 6.07) is 0. The fraction of sp³-hybridized carbons (Fsp3) is 1.00. The molecule has 14 heteroatoms. The lowest BCUT2D eigenvalue weighted by atomic mass is 10.0. The van der Waals surface area contributed by atoms with E-state index in [1.807, 2.05) is 0 Å². The van der Waals surface area contributed by atoms with Crippen LogP contribution in [-0.4, -0.2) is 66.9 Å². The van der Waals surface area contributed by atoms with Crippen molar-refractivity contribution in [1.82, 2.24) is 0 Å². The van der Waals surface area contributed by atoms with E-state index in [9.17, 15) is 52.5 Å². The highest BCUT2D eigenvalue weighted by Crippen LogP contribution is 2.50. The molecule has 0 radical (unpaired) electrons. The molecule has 0 spiro atoms. The van der Waals surface area contributed by atoms with E-state index < -0.39 is 52.7 Å². The van der Waals surface area contributed by atoms with Gasteiger partial charge in [0.1, 0.15) is 0 Å². The van der Waals surface area contributed by atoms with Crippen molar-refractivity contribution in [3.8, 4) is 0 Å². The summed E-state index contributed by atoms with van der Waals surface area (Å²) in [6.45, 7) is 14.2. The zero-order chi connectivity index (χ0) is 26.8. The monoisotopic (exact) mass is 527 g/mol. The van der Waals surface area contributed by atoms with E-state index in [1.54, 1.807) is 0 Å². The molecule has 0 amide bonds. The van der Waals surface area contributed by atoms with Gasteiger partial charge < -0.3 is 9.04 Å². The molecule has 0 aromatic carbocycles. The van der Waals surface area contributed by atoms with Crippen molar-refractivity contribution in [3.05, 3.63) is 0 Å². The van der Waals surface area contributed by atoms with E-state index in [-0.39, 0.29) is 25.7 Å². The maximum absolute atomic E-state index is 13.2. The van der Waals surface area contributed by atoms with E-state index in [4.69, 9.17) is 0 Å². The predicted molar refractivity (Wildman–Crippen MR) is 105 cm³/mol. The van der Waals surface area contributed by atoms with Crippen molar-refractivity contribution in [1.29, 1.82) is 0 Å². The largest absolute Gasteiger partial charge is 0.743 e. The van der Waals surface area contributed by atoms with E-state index in [0.29, 0.717) is 0 Å². The summed E-state index contributed by atoms with van der Waals surface area (Å²) in [5, 5.41) is -6.49. The Bertz CT molecular complexity index is 632. The standard InChI is InChI=1S/C11H15F9O3S.C8H20N/c12-8(13,10(17,18)11(19,20)24(21,22)23)6-4-2-1-3-5-7-9(14,15)16;1-5-9(6-2,7-3)8-4/h1-7H2,(H,21,22,23);5-8H2,1-4H3/q;+1/p-1. The third-order valence-corrected chi connectivity index (χ3v) is 6.66. The van der Waals surface area contributed by atoms with Crippen molar-refractivity contribution >= 4 is 10.1 Å². The SMILES string of the molecule is CC[N+](CC)(CC)CC.O=S(=O)([O-])C(F)(F)C(F)(F)C(F)(F)CCCCCCCC(F)(F)F. The fourth-order valence-electron chi connectivity index (χ4n) is 3.07. The van der Waals surface area contributed by atoms with Gasteiger partial charge in [-0.2, -0.15) is 39.5 Å². The predicted octanol–water partition coefficient (Wildman–Crippen LogP) is 6.57. The number of rotatable bonds is 14. The minimum absolute atomic E-state index is 0.0338. The number of alkyl halides is 9. The topological polar surface area (TPSA) is 57.2 Å². The van der Waals surface area contributed by atoms with Gasteiger partial charge in [0.05, 0.1) is 26.2 Å². The first-order valence-corrected chi connectivity index (χ1v) is 12.1. The molecule has 4 nitrogen and oxygen atoms in total. The summed E-state index contributed by atoms with van der Waals surface area (Å²) >= 11 is 0. The number of quaternary nitrogens is 1. The van der Waals surface area contributed by atoms with Gasteiger partial charge >= 0.3 is 23.3 Å². The van der Waals surface area contributed by atoms with Crippen LogP contribution in [0.1, 0.15) is 72.6 Å². The van der Waals surface area contributed by atoms with Crippen molar-refractivity contribution in [2.24, 2.45) is 0 Å². The van der Waals surface area contributed by atoms with E-state index in [2.05, 4.69) is 27.7 Å². The van der Waals surface area contributed by atoms with E-state index >= 15 is 0 Å². The number of unbranched alkanes of at least 4 members (excludes halogenated alkanes) is 4. The summed E-state index contributed by atoms with van der Waals surface area (Å²) in [6.07, 6.45) is -8.71. The Morgan fingerprint density at radius 3 is 1.24 bits per heavy atom. The molecular formula is C19H34F9NO3S. The number of hydrogen-bond donors (Lipinski definition) is 0.